The molecular weight excluding hydrogens is 186 g/mol. The molecule has 1 saturated heterocycles. The van der Waals surface area contributed by atoms with Crippen LogP contribution in [0.25, 0.3) is 0 Å². The van der Waals surface area contributed by atoms with E-state index in [9.17, 15) is 0 Å². The molecule has 1 N–H and O–H groups in total. The molecule has 1 aromatic rings. The molecule has 2 atom stereocenters. The second kappa shape index (κ2) is 4.67. The van der Waals surface area contributed by atoms with E-state index >= 15 is 0 Å². The van der Waals surface area contributed by atoms with Gasteiger partial charge in [-0.3, -0.25) is 0 Å². The fraction of sp³-hybridized carbons (Fsp3) is 0.538. The third kappa shape index (κ3) is 2.32. The van der Waals surface area contributed by atoms with Gasteiger partial charge in [0.25, 0.3) is 0 Å². The third-order valence-corrected chi connectivity index (χ3v) is 2.95. The first-order valence-electron chi connectivity index (χ1n) is 5.76. The summed E-state index contributed by atoms with van der Waals surface area (Å²) in [6.07, 6.45) is 1.21. The summed E-state index contributed by atoms with van der Waals surface area (Å²) in [5, 5.41) is 3.54. The van der Waals surface area contributed by atoms with E-state index in [0.717, 1.165) is 24.8 Å². The van der Waals surface area contributed by atoms with Gasteiger partial charge in [0.1, 0.15) is 5.75 Å². The van der Waals surface area contributed by atoms with E-state index < -0.39 is 0 Å². The zero-order valence-corrected chi connectivity index (χ0v) is 9.49. The lowest BCUT2D eigenvalue weighted by Gasteiger charge is -2.15. The summed E-state index contributed by atoms with van der Waals surface area (Å²) in [4.78, 5) is 0. The highest BCUT2D eigenvalue weighted by atomic mass is 16.5. The van der Waals surface area contributed by atoms with Gasteiger partial charge in [0.15, 0.2) is 0 Å². The van der Waals surface area contributed by atoms with E-state index in [2.05, 4.69) is 30.4 Å². The monoisotopic (exact) mass is 205 g/mol. The average Bonchev–Trinajstić information content (AvgIpc) is 2.66. The van der Waals surface area contributed by atoms with Crippen molar-refractivity contribution in [1.29, 1.82) is 0 Å². The number of para-hydroxylation sites is 1. The number of benzene rings is 1. The fourth-order valence-corrected chi connectivity index (χ4v) is 2.20. The molecule has 0 spiro atoms. The third-order valence-electron chi connectivity index (χ3n) is 2.95. The average molecular weight is 205 g/mol. The molecule has 0 unspecified atom stereocenters. The van der Waals surface area contributed by atoms with Crippen molar-refractivity contribution < 1.29 is 4.74 Å². The maximum absolute atomic E-state index is 5.64. The van der Waals surface area contributed by atoms with Gasteiger partial charge < -0.3 is 10.1 Å². The van der Waals surface area contributed by atoms with E-state index in [0.29, 0.717) is 6.04 Å². The van der Waals surface area contributed by atoms with Gasteiger partial charge in [0, 0.05) is 11.6 Å². The number of ether oxygens (including phenoxy) is 1. The van der Waals surface area contributed by atoms with E-state index in [4.69, 9.17) is 4.74 Å². The van der Waals surface area contributed by atoms with Crippen LogP contribution in [0.3, 0.4) is 0 Å². The van der Waals surface area contributed by atoms with Crippen molar-refractivity contribution in [2.24, 2.45) is 5.92 Å². The van der Waals surface area contributed by atoms with E-state index in [-0.39, 0.29) is 0 Å². The van der Waals surface area contributed by atoms with Crippen LogP contribution in [0.15, 0.2) is 24.3 Å². The van der Waals surface area contributed by atoms with Crippen LogP contribution in [-0.4, -0.2) is 13.2 Å². The van der Waals surface area contributed by atoms with Gasteiger partial charge in [-0.25, -0.2) is 0 Å². The number of hydrogen-bond donors (Lipinski definition) is 1. The van der Waals surface area contributed by atoms with Crippen LogP contribution in [0, 0.1) is 5.92 Å². The minimum absolute atomic E-state index is 0.475. The number of rotatable bonds is 3. The van der Waals surface area contributed by atoms with Crippen molar-refractivity contribution in [2.75, 3.05) is 13.2 Å². The summed E-state index contributed by atoms with van der Waals surface area (Å²) in [5.41, 5.74) is 1.31. The van der Waals surface area contributed by atoms with E-state index in [1.54, 1.807) is 0 Å². The maximum atomic E-state index is 5.64. The summed E-state index contributed by atoms with van der Waals surface area (Å²) in [6, 6.07) is 8.82. The lowest BCUT2D eigenvalue weighted by Crippen LogP contribution is -2.14. The van der Waals surface area contributed by atoms with Crippen LogP contribution >= 0.6 is 0 Å². The standard InChI is InChI=1S/C13H19NO/c1-3-15-13-7-5-4-6-11(13)12-8-10(2)9-14-12/h4-7,10,12,14H,3,8-9H2,1-2H3/t10-,12-/m0/s1. The van der Waals surface area contributed by atoms with Crippen molar-refractivity contribution in [3.63, 3.8) is 0 Å². The largest absolute Gasteiger partial charge is 0.494 e. The fourth-order valence-electron chi connectivity index (χ4n) is 2.20. The molecule has 0 aliphatic carbocycles. The molecule has 0 radical (unpaired) electrons. The Kier molecular flexibility index (Phi) is 3.27. The summed E-state index contributed by atoms with van der Waals surface area (Å²) in [5.74, 6) is 1.80. The molecule has 1 aliphatic rings. The molecule has 2 heteroatoms. The molecule has 1 aliphatic heterocycles. The van der Waals surface area contributed by atoms with Crippen LogP contribution in [0.4, 0.5) is 0 Å². The normalized spacial score (nSPS) is 25.5. The first kappa shape index (κ1) is 10.5. The second-order valence-corrected chi connectivity index (χ2v) is 4.27. The summed E-state index contributed by atoms with van der Waals surface area (Å²) >= 11 is 0. The zero-order valence-electron chi connectivity index (χ0n) is 9.49. The molecule has 0 bridgehead atoms. The van der Waals surface area contributed by atoms with Crippen LogP contribution in [0.2, 0.25) is 0 Å². The number of nitrogens with one attached hydrogen (secondary N) is 1. The Morgan fingerprint density at radius 3 is 2.87 bits per heavy atom. The first-order chi connectivity index (χ1) is 7.31. The lowest BCUT2D eigenvalue weighted by molar-refractivity contribution is 0.332. The predicted octanol–water partition coefficient (Wildman–Crippen LogP) is 2.76. The van der Waals surface area contributed by atoms with E-state index in [1.807, 2.05) is 13.0 Å². The molecule has 2 nitrogen and oxygen atoms in total. The summed E-state index contributed by atoms with van der Waals surface area (Å²) < 4.78 is 5.64. The van der Waals surface area contributed by atoms with Crippen molar-refractivity contribution in [3.8, 4) is 5.75 Å². The molecule has 82 valence electrons. The van der Waals surface area contributed by atoms with Crippen molar-refractivity contribution in [2.45, 2.75) is 26.3 Å². The van der Waals surface area contributed by atoms with Crippen LogP contribution in [0.5, 0.6) is 5.75 Å². The molecule has 0 amide bonds. The topological polar surface area (TPSA) is 21.3 Å². The Bertz CT molecular complexity index is 324. The Balaban J connectivity index is 2.19. The highest BCUT2D eigenvalue weighted by Crippen LogP contribution is 2.32. The molecule has 1 fully saturated rings. The molecule has 0 saturated carbocycles. The molecule has 2 rings (SSSR count). The van der Waals surface area contributed by atoms with Gasteiger partial charge >= 0.3 is 0 Å². The van der Waals surface area contributed by atoms with Gasteiger partial charge in [-0.1, -0.05) is 25.1 Å². The van der Waals surface area contributed by atoms with Gasteiger partial charge in [0.2, 0.25) is 0 Å². The maximum Gasteiger partial charge on any atom is 0.124 e. The van der Waals surface area contributed by atoms with Crippen LogP contribution in [0.1, 0.15) is 31.9 Å². The summed E-state index contributed by atoms with van der Waals surface area (Å²) in [7, 11) is 0. The Morgan fingerprint density at radius 1 is 1.40 bits per heavy atom. The van der Waals surface area contributed by atoms with Crippen molar-refractivity contribution >= 4 is 0 Å². The van der Waals surface area contributed by atoms with Crippen molar-refractivity contribution in [1.82, 2.24) is 5.32 Å². The molecule has 15 heavy (non-hydrogen) atoms. The van der Waals surface area contributed by atoms with Crippen molar-refractivity contribution in [3.05, 3.63) is 29.8 Å². The first-order valence-corrected chi connectivity index (χ1v) is 5.76. The van der Waals surface area contributed by atoms with E-state index in [1.165, 1.54) is 12.0 Å². The van der Waals surface area contributed by atoms with Gasteiger partial charge in [0.05, 0.1) is 6.61 Å². The van der Waals surface area contributed by atoms with Crippen LogP contribution < -0.4 is 10.1 Å². The van der Waals surface area contributed by atoms with Crippen LogP contribution in [-0.2, 0) is 0 Å². The van der Waals surface area contributed by atoms with Gasteiger partial charge in [-0.05, 0) is 31.9 Å². The minimum atomic E-state index is 0.475. The zero-order chi connectivity index (χ0) is 10.7. The molecule has 0 aromatic heterocycles. The second-order valence-electron chi connectivity index (χ2n) is 4.27. The molecule has 1 aromatic carbocycles. The lowest BCUT2D eigenvalue weighted by atomic mass is 10.0. The smallest absolute Gasteiger partial charge is 0.124 e. The Hall–Kier alpha value is -1.02. The molecular formula is C13H19NO. The SMILES string of the molecule is CCOc1ccccc1[C@@H]1C[C@H](C)CN1. The number of hydrogen-bond acceptors (Lipinski definition) is 2. The summed E-state index contributed by atoms with van der Waals surface area (Å²) in [6.45, 7) is 6.17. The minimum Gasteiger partial charge on any atom is -0.494 e. The molecule has 1 heterocycles. The van der Waals surface area contributed by atoms with Gasteiger partial charge in [-0.15, -0.1) is 0 Å². The Labute approximate surface area is 91.6 Å². The highest BCUT2D eigenvalue weighted by Gasteiger charge is 2.24. The quantitative estimate of drug-likeness (QED) is 0.819. The predicted molar refractivity (Wildman–Crippen MR) is 62.1 cm³/mol. The highest BCUT2D eigenvalue weighted by molar-refractivity contribution is 5.36. The van der Waals surface area contributed by atoms with Gasteiger partial charge in [-0.2, -0.15) is 0 Å². The Morgan fingerprint density at radius 2 is 2.20 bits per heavy atom.